The number of oxime groups is 1. The SMILES string of the molecule is O=[N+]([O-])c1cc([N+](=O)[O-])c(/C=N\O)c([N+](=O)[O-])c1. The van der Waals surface area contributed by atoms with Crippen molar-refractivity contribution in [2.24, 2.45) is 5.16 Å². The van der Waals surface area contributed by atoms with Gasteiger partial charge in [-0.05, 0) is 0 Å². The number of nitro benzene ring substituents is 3. The third kappa shape index (κ3) is 2.34. The molecule has 1 aromatic carbocycles. The number of nitrogens with zero attached hydrogens (tertiary/aromatic N) is 4. The molecule has 0 aromatic heterocycles. The first kappa shape index (κ1) is 13.0. The third-order valence-electron chi connectivity index (χ3n) is 1.91. The fourth-order valence-corrected chi connectivity index (χ4v) is 1.21. The minimum absolute atomic E-state index is 0.472. The molecule has 18 heavy (non-hydrogen) atoms. The molecule has 0 aliphatic carbocycles. The molecule has 0 amide bonds. The van der Waals surface area contributed by atoms with E-state index in [2.05, 4.69) is 5.16 Å². The van der Waals surface area contributed by atoms with E-state index in [0.29, 0.717) is 18.3 Å². The van der Waals surface area contributed by atoms with Crippen molar-refractivity contribution < 1.29 is 20.0 Å². The Kier molecular flexibility index (Phi) is 3.47. The van der Waals surface area contributed by atoms with Crippen LogP contribution in [0.4, 0.5) is 17.1 Å². The molecule has 1 aromatic rings. The summed E-state index contributed by atoms with van der Waals surface area (Å²) in [4.78, 5) is 28.7. The highest BCUT2D eigenvalue weighted by Gasteiger charge is 2.29. The standard InChI is InChI=1S/C7H4N4O7/c12-8-3-5-6(10(15)16)1-4(9(13)14)2-7(5)11(17)18/h1-3,12H/b8-3-. The molecular weight excluding hydrogens is 252 g/mol. The molecule has 1 rings (SSSR count). The number of rotatable bonds is 4. The van der Waals surface area contributed by atoms with Crippen molar-refractivity contribution in [3.8, 4) is 0 Å². The van der Waals surface area contributed by atoms with Crippen LogP contribution in [0.25, 0.3) is 0 Å². The van der Waals surface area contributed by atoms with E-state index in [1.54, 1.807) is 0 Å². The van der Waals surface area contributed by atoms with Gasteiger partial charge in [0.15, 0.2) is 5.56 Å². The fraction of sp³-hybridized carbons (Fsp3) is 0. The van der Waals surface area contributed by atoms with Crippen LogP contribution in [0.1, 0.15) is 5.56 Å². The summed E-state index contributed by atoms with van der Waals surface area (Å²) in [5.74, 6) is 0. The summed E-state index contributed by atoms with van der Waals surface area (Å²) in [6, 6.07) is 1.09. The zero-order valence-electron chi connectivity index (χ0n) is 8.42. The predicted octanol–water partition coefficient (Wildman–Crippen LogP) is 1.22. The van der Waals surface area contributed by atoms with Crippen molar-refractivity contribution in [2.45, 2.75) is 0 Å². The summed E-state index contributed by atoms with van der Waals surface area (Å²) >= 11 is 0. The molecule has 0 radical (unpaired) electrons. The smallest absolute Gasteiger partial charge is 0.292 e. The summed E-state index contributed by atoms with van der Waals surface area (Å²) in [7, 11) is 0. The van der Waals surface area contributed by atoms with E-state index >= 15 is 0 Å². The largest absolute Gasteiger partial charge is 0.411 e. The van der Waals surface area contributed by atoms with Crippen molar-refractivity contribution in [1.82, 2.24) is 0 Å². The van der Waals surface area contributed by atoms with Crippen LogP contribution in [0.15, 0.2) is 17.3 Å². The lowest BCUT2D eigenvalue weighted by atomic mass is 10.1. The summed E-state index contributed by atoms with van der Waals surface area (Å²) in [6.07, 6.45) is 0.472. The quantitative estimate of drug-likeness (QED) is 0.366. The van der Waals surface area contributed by atoms with E-state index in [1.807, 2.05) is 0 Å². The lowest BCUT2D eigenvalue weighted by Crippen LogP contribution is -2.02. The summed E-state index contributed by atoms with van der Waals surface area (Å²) in [5.41, 5.74) is -3.22. The van der Waals surface area contributed by atoms with Gasteiger partial charge in [0.25, 0.3) is 17.1 Å². The van der Waals surface area contributed by atoms with Gasteiger partial charge in [0, 0.05) is 0 Å². The van der Waals surface area contributed by atoms with Crippen LogP contribution in [0.3, 0.4) is 0 Å². The van der Waals surface area contributed by atoms with Gasteiger partial charge in [-0.15, -0.1) is 0 Å². The van der Waals surface area contributed by atoms with Crippen LogP contribution in [0.5, 0.6) is 0 Å². The monoisotopic (exact) mass is 256 g/mol. The Balaban J connectivity index is 3.70. The molecular formula is C7H4N4O7. The highest BCUT2D eigenvalue weighted by atomic mass is 16.6. The van der Waals surface area contributed by atoms with Crippen molar-refractivity contribution in [1.29, 1.82) is 0 Å². The fourth-order valence-electron chi connectivity index (χ4n) is 1.21. The Labute approximate surface area is 97.4 Å². The molecule has 0 aliphatic heterocycles. The van der Waals surface area contributed by atoms with Gasteiger partial charge in [0.05, 0.1) is 33.1 Å². The van der Waals surface area contributed by atoms with E-state index in [4.69, 9.17) is 5.21 Å². The number of hydrogen-bond acceptors (Lipinski definition) is 8. The van der Waals surface area contributed by atoms with E-state index in [-0.39, 0.29) is 0 Å². The lowest BCUT2D eigenvalue weighted by molar-refractivity contribution is -0.403. The zero-order chi connectivity index (χ0) is 13.9. The molecule has 0 unspecified atom stereocenters. The summed E-state index contributed by atoms with van der Waals surface area (Å²) in [6.45, 7) is 0. The first-order valence-corrected chi connectivity index (χ1v) is 4.17. The molecule has 94 valence electrons. The maximum atomic E-state index is 10.7. The van der Waals surface area contributed by atoms with Crippen LogP contribution in [-0.2, 0) is 0 Å². The second kappa shape index (κ2) is 4.82. The van der Waals surface area contributed by atoms with Crippen LogP contribution in [0.2, 0.25) is 0 Å². The van der Waals surface area contributed by atoms with Gasteiger partial charge >= 0.3 is 0 Å². The molecule has 0 atom stereocenters. The van der Waals surface area contributed by atoms with E-state index in [0.717, 1.165) is 0 Å². The van der Waals surface area contributed by atoms with Gasteiger partial charge in [-0.1, -0.05) is 5.16 Å². The van der Waals surface area contributed by atoms with Crippen LogP contribution >= 0.6 is 0 Å². The van der Waals surface area contributed by atoms with E-state index < -0.39 is 37.4 Å². The average Bonchev–Trinajstić information content (AvgIpc) is 2.28. The van der Waals surface area contributed by atoms with E-state index in [9.17, 15) is 30.3 Å². The Bertz CT molecular complexity index is 532. The molecule has 0 saturated heterocycles. The maximum Gasteiger partial charge on any atom is 0.292 e. The predicted molar refractivity (Wildman–Crippen MR) is 55.8 cm³/mol. The third-order valence-corrected chi connectivity index (χ3v) is 1.91. The van der Waals surface area contributed by atoms with E-state index in [1.165, 1.54) is 0 Å². The first-order valence-electron chi connectivity index (χ1n) is 4.17. The maximum absolute atomic E-state index is 10.7. The van der Waals surface area contributed by atoms with Crippen LogP contribution in [0, 0.1) is 30.3 Å². The highest BCUT2D eigenvalue weighted by Crippen LogP contribution is 2.32. The number of nitro groups is 3. The molecule has 0 fully saturated rings. The van der Waals surface area contributed by atoms with Gasteiger partial charge in [-0.3, -0.25) is 30.3 Å². The van der Waals surface area contributed by atoms with Gasteiger partial charge < -0.3 is 5.21 Å². The molecule has 0 heterocycles. The first-order chi connectivity index (χ1) is 8.38. The van der Waals surface area contributed by atoms with Crippen LogP contribution in [-0.4, -0.2) is 26.2 Å². The number of hydrogen-bond donors (Lipinski definition) is 1. The number of benzene rings is 1. The van der Waals surface area contributed by atoms with Crippen molar-refractivity contribution in [3.63, 3.8) is 0 Å². The molecule has 0 aliphatic rings. The van der Waals surface area contributed by atoms with Crippen molar-refractivity contribution in [3.05, 3.63) is 48.0 Å². The Morgan fingerprint density at radius 2 is 1.44 bits per heavy atom. The summed E-state index contributed by atoms with van der Waals surface area (Å²) < 4.78 is 0. The molecule has 0 saturated carbocycles. The summed E-state index contributed by atoms with van der Waals surface area (Å²) in [5, 5.41) is 42.6. The van der Waals surface area contributed by atoms with Gasteiger partial charge in [-0.25, -0.2) is 0 Å². The molecule has 1 N–H and O–H groups in total. The molecule has 0 bridgehead atoms. The molecule has 0 spiro atoms. The van der Waals surface area contributed by atoms with Gasteiger partial charge in [0.1, 0.15) is 0 Å². The Hall–Kier alpha value is -3.11. The van der Waals surface area contributed by atoms with Crippen LogP contribution < -0.4 is 0 Å². The second-order valence-electron chi connectivity index (χ2n) is 2.91. The molecule has 11 nitrogen and oxygen atoms in total. The lowest BCUT2D eigenvalue weighted by Gasteiger charge is -1.99. The zero-order valence-corrected chi connectivity index (χ0v) is 8.42. The normalized spacial score (nSPS) is 10.4. The van der Waals surface area contributed by atoms with Gasteiger partial charge in [0.2, 0.25) is 0 Å². The Morgan fingerprint density at radius 3 is 1.72 bits per heavy atom. The van der Waals surface area contributed by atoms with Crippen molar-refractivity contribution >= 4 is 23.3 Å². The minimum atomic E-state index is -1.04. The molecule has 11 heteroatoms. The topological polar surface area (TPSA) is 162 Å². The highest BCUT2D eigenvalue weighted by molar-refractivity contribution is 5.91. The average molecular weight is 256 g/mol. The minimum Gasteiger partial charge on any atom is -0.411 e. The van der Waals surface area contributed by atoms with Gasteiger partial charge in [-0.2, -0.15) is 0 Å². The number of non-ortho nitro benzene ring substituents is 1. The van der Waals surface area contributed by atoms with Crippen molar-refractivity contribution in [2.75, 3.05) is 0 Å². The second-order valence-corrected chi connectivity index (χ2v) is 2.91. The Morgan fingerprint density at radius 1 is 1.00 bits per heavy atom.